The zero-order chi connectivity index (χ0) is 15.9. The molecule has 116 valence electrons. The van der Waals surface area contributed by atoms with E-state index in [2.05, 4.69) is 5.32 Å². The van der Waals surface area contributed by atoms with E-state index in [0.717, 1.165) is 17.7 Å². The molecular formula is C16H18N2O4. The normalized spacial score (nSPS) is 24.4. The van der Waals surface area contributed by atoms with Gasteiger partial charge in [-0.15, -0.1) is 0 Å². The van der Waals surface area contributed by atoms with Gasteiger partial charge in [0, 0.05) is 18.7 Å². The molecule has 0 saturated heterocycles. The summed E-state index contributed by atoms with van der Waals surface area (Å²) in [5.41, 5.74) is 0.991. The van der Waals surface area contributed by atoms with Crippen LogP contribution < -0.4 is 5.32 Å². The van der Waals surface area contributed by atoms with Crippen LogP contribution in [0.3, 0.4) is 0 Å². The highest BCUT2D eigenvalue weighted by Gasteiger charge is 2.33. The highest BCUT2D eigenvalue weighted by atomic mass is 16.3. The van der Waals surface area contributed by atoms with Gasteiger partial charge >= 0.3 is 0 Å². The van der Waals surface area contributed by atoms with Gasteiger partial charge in [-0.2, -0.15) is 0 Å². The number of hydrogen-bond donors (Lipinski definition) is 2. The van der Waals surface area contributed by atoms with E-state index in [-0.39, 0.29) is 35.4 Å². The van der Waals surface area contributed by atoms with Crippen molar-refractivity contribution in [3.8, 4) is 0 Å². The Bertz CT molecular complexity index is 648. The first kappa shape index (κ1) is 14.7. The van der Waals surface area contributed by atoms with Crippen LogP contribution in [0.15, 0.2) is 18.2 Å². The fourth-order valence-corrected chi connectivity index (χ4v) is 2.99. The summed E-state index contributed by atoms with van der Waals surface area (Å²) in [4.78, 5) is 37.1. The van der Waals surface area contributed by atoms with E-state index < -0.39 is 0 Å². The molecule has 0 atom stereocenters. The number of imide groups is 1. The summed E-state index contributed by atoms with van der Waals surface area (Å²) in [7, 11) is 1.43. The zero-order valence-electron chi connectivity index (χ0n) is 12.3. The predicted molar refractivity (Wildman–Crippen MR) is 78.6 cm³/mol. The monoisotopic (exact) mass is 302 g/mol. The number of aliphatic hydroxyl groups excluding tert-OH is 1. The molecule has 0 bridgehead atoms. The van der Waals surface area contributed by atoms with Gasteiger partial charge in [0.15, 0.2) is 0 Å². The maximum Gasteiger partial charge on any atom is 0.261 e. The summed E-state index contributed by atoms with van der Waals surface area (Å²) in [6.45, 7) is 0. The molecule has 1 aromatic rings. The Hall–Kier alpha value is -2.21. The number of rotatable bonds is 2. The molecule has 3 rings (SSSR count). The van der Waals surface area contributed by atoms with Crippen LogP contribution in [0.25, 0.3) is 0 Å². The lowest BCUT2D eigenvalue weighted by Crippen LogP contribution is -2.38. The second-order valence-electron chi connectivity index (χ2n) is 5.91. The predicted octanol–water partition coefficient (Wildman–Crippen LogP) is 0.946. The Balaban J connectivity index is 1.75. The van der Waals surface area contributed by atoms with Crippen molar-refractivity contribution in [3.05, 3.63) is 34.9 Å². The molecule has 1 aliphatic carbocycles. The van der Waals surface area contributed by atoms with Crippen LogP contribution in [0.2, 0.25) is 0 Å². The largest absolute Gasteiger partial charge is 0.393 e. The van der Waals surface area contributed by atoms with Crippen molar-refractivity contribution in [3.63, 3.8) is 0 Å². The zero-order valence-corrected chi connectivity index (χ0v) is 12.3. The van der Waals surface area contributed by atoms with E-state index in [9.17, 15) is 19.5 Å². The average molecular weight is 302 g/mol. The van der Waals surface area contributed by atoms with Crippen molar-refractivity contribution < 1.29 is 19.5 Å². The molecule has 3 amide bonds. The van der Waals surface area contributed by atoms with Crippen LogP contribution in [0.4, 0.5) is 0 Å². The highest BCUT2D eigenvalue weighted by molar-refractivity contribution is 6.21. The molecule has 1 saturated carbocycles. The third kappa shape index (κ3) is 2.50. The average Bonchev–Trinajstić information content (AvgIpc) is 2.74. The number of hydrogen-bond acceptors (Lipinski definition) is 4. The van der Waals surface area contributed by atoms with Crippen LogP contribution >= 0.6 is 0 Å². The van der Waals surface area contributed by atoms with Crippen LogP contribution in [0.5, 0.6) is 0 Å². The standard InChI is InChI=1S/C16H18N2O4/c1-18-15(21)12-7-2-9(8-13(12)16(18)22)14(20)17-10-3-5-11(19)6-4-10/h2,7-8,10-11,19H,3-6H2,1H3,(H,17,20). The van der Waals surface area contributed by atoms with Crippen molar-refractivity contribution in [1.29, 1.82) is 0 Å². The first-order chi connectivity index (χ1) is 10.5. The lowest BCUT2D eigenvalue weighted by Gasteiger charge is -2.26. The molecule has 1 fully saturated rings. The summed E-state index contributed by atoms with van der Waals surface area (Å²) in [5.74, 6) is -0.970. The molecule has 2 aliphatic rings. The van der Waals surface area contributed by atoms with E-state index in [1.807, 2.05) is 0 Å². The Kier molecular flexibility index (Phi) is 3.70. The molecule has 0 radical (unpaired) electrons. The molecule has 0 unspecified atom stereocenters. The second-order valence-corrected chi connectivity index (χ2v) is 5.91. The molecule has 0 spiro atoms. The summed E-state index contributed by atoms with van der Waals surface area (Å²) in [5, 5.41) is 12.4. The first-order valence-electron chi connectivity index (χ1n) is 7.42. The Labute approximate surface area is 128 Å². The van der Waals surface area contributed by atoms with Crippen LogP contribution in [-0.4, -0.2) is 46.9 Å². The van der Waals surface area contributed by atoms with E-state index >= 15 is 0 Å². The number of amides is 3. The second kappa shape index (κ2) is 5.53. The molecule has 0 aromatic heterocycles. The fraction of sp³-hybridized carbons (Fsp3) is 0.438. The van der Waals surface area contributed by atoms with E-state index in [1.54, 1.807) is 6.07 Å². The number of aliphatic hydroxyl groups is 1. The van der Waals surface area contributed by atoms with Gasteiger partial charge in [0.1, 0.15) is 0 Å². The molecule has 1 aromatic carbocycles. The number of carbonyl (C=O) groups excluding carboxylic acids is 3. The molecule has 22 heavy (non-hydrogen) atoms. The maximum atomic E-state index is 12.3. The van der Waals surface area contributed by atoms with Crippen LogP contribution in [-0.2, 0) is 0 Å². The third-order valence-electron chi connectivity index (χ3n) is 4.38. The van der Waals surface area contributed by atoms with Gasteiger partial charge < -0.3 is 10.4 Å². The third-order valence-corrected chi connectivity index (χ3v) is 4.38. The van der Waals surface area contributed by atoms with Gasteiger partial charge in [-0.05, 0) is 43.9 Å². The maximum absolute atomic E-state index is 12.3. The Morgan fingerprint density at radius 1 is 1.14 bits per heavy atom. The topological polar surface area (TPSA) is 86.7 Å². The Morgan fingerprint density at radius 2 is 1.77 bits per heavy atom. The van der Waals surface area contributed by atoms with Crippen molar-refractivity contribution in [2.45, 2.75) is 37.8 Å². The van der Waals surface area contributed by atoms with Gasteiger partial charge in [-0.1, -0.05) is 0 Å². The van der Waals surface area contributed by atoms with Crippen LogP contribution in [0.1, 0.15) is 56.8 Å². The first-order valence-corrected chi connectivity index (χ1v) is 7.42. The molecule has 6 heteroatoms. The number of fused-ring (bicyclic) bond motifs is 1. The summed E-state index contributed by atoms with van der Waals surface area (Å²) >= 11 is 0. The van der Waals surface area contributed by atoms with Crippen molar-refractivity contribution in [2.75, 3.05) is 7.05 Å². The minimum atomic E-state index is -0.379. The fourth-order valence-electron chi connectivity index (χ4n) is 2.99. The van der Waals surface area contributed by atoms with Crippen molar-refractivity contribution in [2.24, 2.45) is 0 Å². The van der Waals surface area contributed by atoms with Crippen LogP contribution in [0, 0.1) is 0 Å². The smallest absolute Gasteiger partial charge is 0.261 e. The van der Waals surface area contributed by atoms with Crippen molar-refractivity contribution in [1.82, 2.24) is 10.2 Å². The summed E-state index contributed by atoms with van der Waals surface area (Å²) in [6, 6.07) is 4.62. The van der Waals surface area contributed by atoms with Gasteiger partial charge in [-0.25, -0.2) is 0 Å². The van der Waals surface area contributed by atoms with E-state index in [1.165, 1.54) is 19.2 Å². The minimum Gasteiger partial charge on any atom is -0.393 e. The Morgan fingerprint density at radius 3 is 2.45 bits per heavy atom. The lowest BCUT2D eigenvalue weighted by molar-refractivity contribution is 0.0693. The van der Waals surface area contributed by atoms with E-state index in [4.69, 9.17) is 0 Å². The quantitative estimate of drug-likeness (QED) is 0.796. The number of benzene rings is 1. The van der Waals surface area contributed by atoms with Gasteiger partial charge in [0.2, 0.25) is 0 Å². The van der Waals surface area contributed by atoms with Gasteiger partial charge in [0.05, 0.1) is 17.2 Å². The molecule has 2 N–H and O–H groups in total. The molecular weight excluding hydrogens is 284 g/mol. The molecule has 1 heterocycles. The number of nitrogens with one attached hydrogen (secondary N) is 1. The minimum absolute atomic E-state index is 0.0455. The molecule has 6 nitrogen and oxygen atoms in total. The highest BCUT2D eigenvalue weighted by Crippen LogP contribution is 2.23. The van der Waals surface area contributed by atoms with E-state index in [0.29, 0.717) is 24.0 Å². The van der Waals surface area contributed by atoms with Gasteiger partial charge in [-0.3, -0.25) is 19.3 Å². The van der Waals surface area contributed by atoms with Crippen molar-refractivity contribution >= 4 is 17.7 Å². The SMILES string of the molecule is CN1C(=O)c2ccc(C(=O)NC3CCC(O)CC3)cc2C1=O. The number of carbonyl (C=O) groups is 3. The summed E-state index contributed by atoms with van der Waals surface area (Å²) in [6.07, 6.45) is 2.60. The summed E-state index contributed by atoms with van der Waals surface area (Å²) < 4.78 is 0. The molecule has 1 aliphatic heterocycles. The number of nitrogens with zero attached hydrogens (tertiary/aromatic N) is 1. The lowest BCUT2D eigenvalue weighted by atomic mass is 9.93. The van der Waals surface area contributed by atoms with Gasteiger partial charge in [0.25, 0.3) is 17.7 Å².